The molecule has 4 nitrogen and oxygen atoms in total. The maximum atomic E-state index is 12.8. The summed E-state index contributed by atoms with van der Waals surface area (Å²) in [5.41, 5.74) is 0.347. The van der Waals surface area contributed by atoms with E-state index in [0.29, 0.717) is 12.1 Å². The van der Waals surface area contributed by atoms with Crippen molar-refractivity contribution in [2.24, 2.45) is 0 Å². The fourth-order valence-corrected chi connectivity index (χ4v) is 1.04. The van der Waals surface area contributed by atoms with Crippen LogP contribution in [0.4, 0.5) is 10.1 Å². The number of halogens is 1. The molecule has 0 saturated heterocycles. The van der Waals surface area contributed by atoms with Crippen molar-refractivity contribution >= 4 is 5.69 Å². The lowest BCUT2D eigenvalue weighted by Gasteiger charge is -1.99. The van der Waals surface area contributed by atoms with Gasteiger partial charge in [-0.2, -0.15) is 0 Å². The zero-order valence-electron chi connectivity index (χ0n) is 7.08. The summed E-state index contributed by atoms with van der Waals surface area (Å²) in [6.45, 7) is 0.415. The Morgan fingerprint density at radius 1 is 1.54 bits per heavy atom. The highest BCUT2D eigenvalue weighted by atomic mass is 19.1. The normalized spacial score (nSPS) is 10.0. The highest BCUT2D eigenvalue weighted by molar-refractivity contribution is 5.35. The Labute approximate surface area is 74.5 Å². The van der Waals surface area contributed by atoms with E-state index in [4.69, 9.17) is 0 Å². The zero-order chi connectivity index (χ0) is 9.84. The van der Waals surface area contributed by atoms with Crippen LogP contribution in [0.2, 0.25) is 0 Å². The molecule has 0 aliphatic rings. The highest BCUT2D eigenvalue weighted by Crippen LogP contribution is 2.15. The Morgan fingerprint density at radius 3 is 2.77 bits per heavy atom. The van der Waals surface area contributed by atoms with Crippen molar-refractivity contribution in [2.45, 2.75) is 6.54 Å². The van der Waals surface area contributed by atoms with E-state index in [1.54, 1.807) is 7.05 Å². The maximum Gasteiger partial charge on any atom is 0.272 e. The summed E-state index contributed by atoms with van der Waals surface area (Å²) in [5.74, 6) is -0.584. The SMILES string of the molecule is CNCc1cc(F)cc([N+](=O)[O-])c1. The van der Waals surface area contributed by atoms with Gasteiger partial charge in [-0.15, -0.1) is 0 Å². The highest BCUT2D eigenvalue weighted by Gasteiger charge is 2.08. The fourth-order valence-electron chi connectivity index (χ4n) is 1.04. The molecular formula is C8H9FN2O2. The molecule has 13 heavy (non-hydrogen) atoms. The minimum Gasteiger partial charge on any atom is -0.316 e. The van der Waals surface area contributed by atoms with Crippen molar-refractivity contribution in [3.8, 4) is 0 Å². The van der Waals surface area contributed by atoms with Gasteiger partial charge in [0.1, 0.15) is 5.82 Å². The van der Waals surface area contributed by atoms with E-state index < -0.39 is 10.7 Å². The first-order chi connectivity index (χ1) is 6.13. The van der Waals surface area contributed by atoms with Gasteiger partial charge < -0.3 is 5.32 Å². The molecule has 0 aliphatic carbocycles. The number of benzene rings is 1. The van der Waals surface area contributed by atoms with Gasteiger partial charge in [0, 0.05) is 12.6 Å². The van der Waals surface area contributed by atoms with Crippen LogP contribution in [0.1, 0.15) is 5.56 Å². The van der Waals surface area contributed by atoms with E-state index in [2.05, 4.69) is 5.32 Å². The van der Waals surface area contributed by atoms with Gasteiger partial charge in [0.05, 0.1) is 11.0 Å². The third kappa shape index (κ3) is 2.48. The number of nitrogens with zero attached hydrogens (tertiary/aromatic N) is 1. The van der Waals surface area contributed by atoms with E-state index in [1.807, 2.05) is 0 Å². The number of nitro groups is 1. The average Bonchev–Trinajstić information content (AvgIpc) is 2.03. The van der Waals surface area contributed by atoms with Gasteiger partial charge in [0.2, 0.25) is 0 Å². The average molecular weight is 184 g/mol. The van der Waals surface area contributed by atoms with Crippen LogP contribution in [0.25, 0.3) is 0 Å². The van der Waals surface area contributed by atoms with Crippen molar-refractivity contribution in [1.82, 2.24) is 5.32 Å². The van der Waals surface area contributed by atoms with Crippen molar-refractivity contribution < 1.29 is 9.31 Å². The van der Waals surface area contributed by atoms with Gasteiger partial charge in [-0.1, -0.05) is 0 Å². The van der Waals surface area contributed by atoms with Crippen molar-refractivity contribution in [1.29, 1.82) is 0 Å². The van der Waals surface area contributed by atoms with Crippen LogP contribution in [0.3, 0.4) is 0 Å². The Hall–Kier alpha value is -1.49. The standard InChI is InChI=1S/C8H9FN2O2/c1-10-5-6-2-7(9)4-8(3-6)11(12)13/h2-4,10H,5H2,1H3. The number of hydrogen-bond donors (Lipinski definition) is 1. The molecule has 0 amide bonds. The summed E-state index contributed by atoms with van der Waals surface area (Å²) in [6.07, 6.45) is 0. The molecule has 1 N–H and O–H groups in total. The minimum absolute atomic E-state index is 0.217. The van der Waals surface area contributed by atoms with Crippen LogP contribution >= 0.6 is 0 Å². The Morgan fingerprint density at radius 2 is 2.23 bits per heavy atom. The molecule has 0 fully saturated rings. The first-order valence-corrected chi connectivity index (χ1v) is 3.72. The van der Waals surface area contributed by atoms with Crippen LogP contribution in [-0.2, 0) is 6.54 Å². The van der Waals surface area contributed by atoms with E-state index in [1.165, 1.54) is 12.1 Å². The molecular weight excluding hydrogens is 175 g/mol. The Bertz CT molecular complexity index is 328. The predicted octanol–water partition coefficient (Wildman–Crippen LogP) is 1.45. The van der Waals surface area contributed by atoms with Crippen molar-refractivity contribution in [2.75, 3.05) is 7.05 Å². The molecule has 1 rings (SSSR count). The zero-order valence-corrected chi connectivity index (χ0v) is 7.08. The van der Waals surface area contributed by atoms with Crippen LogP contribution in [0.5, 0.6) is 0 Å². The summed E-state index contributed by atoms with van der Waals surface area (Å²) < 4.78 is 12.8. The van der Waals surface area contributed by atoms with Crippen LogP contribution in [-0.4, -0.2) is 12.0 Å². The number of rotatable bonds is 3. The summed E-state index contributed by atoms with van der Waals surface area (Å²) in [5, 5.41) is 13.1. The molecule has 1 aromatic carbocycles. The first kappa shape index (κ1) is 9.60. The van der Waals surface area contributed by atoms with Crippen LogP contribution in [0.15, 0.2) is 18.2 Å². The van der Waals surface area contributed by atoms with E-state index >= 15 is 0 Å². The lowest BCUT2D eigenvalue weighted by molar-refractivity contribution is -0.385. The Balaban J connectivity index is 3.03. The predicted molar refractivity (Wildman–Crippen MR) is 45.8 cm³/mol. The van der Waals surface area contributed by atoms with Gasteiger partial charge in [-0.3, -0.25) is 10.1 Å². The second-order valence-corrected chi connectivity index (χ2v) is 2.61. The largest absolute Gasteiger partial charge is 0.316 e. The smallest absolute Gasteiger partial charge is 0.272 e. The second kappa shape index (κ2) is 3.95. The van der Waals surface area contributed by atoms with Gasteiger partial charge in [0.15, 0.2) is 0 Å². The summed E-state index contributed by atoms with van der Waals surface area (Å²) in [6, 6.07) is 3.52. The van der Waals surface area contributed by atoms with Crippen LogP contribution < -0.4 is 5.32 Å². The number of hydrogen-bond acceptors (Lipinski definition) is 3. The molecule has 0 spiro atoms. The lowest BCUT2D eigenvalue weighted by atomic mass is 10.2. The molecule has 0 aliphatic heterocycles. The monoisotopic (exact) mass is 184 g/mol. The second-order valence-electron chi connectivity index (χ2n) is 2.61. The first-order valence-electron chi connectivity index (χ1n) is 3.72. The third-order valence-corrected chi connectivity index (χ3v) is 1.53. The minimum atomic E-state index is -0.609. The van der Waals surface area contributed by atoms with E-state index in [-0.39, 0.29) is 5.69 Å². The molecule has 0 unspecified atom stereocenters. The summed E-state index contributed by atoms with van der Waals surface area (Å²) in [7, 11) is 1.69. The fraction of sp³-hybridized carbons (Fsp3) is 0.250. The molecule has 70 valence electrons. The van der Waals surface area contributed by atoms with E-state index in [0.717, 1.165) is 6.07 Å². The lowest BCUT2D eigenvalue weighted by Crippen LogP contribution is -2.05. The van der Waals surface area contributed by atoms with Gasteiger partial charge >= 0.3 is 0 Å². The van der Waals surface area contributed by atoms with Crippen LogP contribution in [0, 0.1) is 15.9 Å². The molecule has 0 atom stereocenters. The number of non-ortho nitro benzene ring substituents is 1. The summed E-state index contributed by atoms with van der Waals surface area (Å²) >= 11 is 0. The quantitative estimate of drug-likeness (QED) is 0.571. The molecule has 0 bridgehead atoms. The van der Waals surface area contributed by atoms with Gasteiger partial charge in [0.25, 0.3) is 5.69 Å². The maximum absolute atomic E-state index is 12.8. The molecule has 0 aromatic heterocycles. The van der Waals surface area contributed by atoms with Crippen molar-refractivity contribution in [3.05, 3.63) is 39.7 Å². The topological polar surface area (TPSA) is 55.2 Å². The third-order valence-electron chi connectivity index (χ3n) is 1.53. The van der Waals surface area contributed by atoms with Gasteiger partial charge in [-0.25, -0.2) is 4.39 Å². The Kier molecular flexibility index (Phi) is 2.92. The van der Waals surface area contributed by atoms with E-state index in [9.17, 15) is 14.5 Å². The molecule has 0 saturated carbocycles. The molecule has 1 aromatic rings. The van der Waals surface area contributed by atoms with Crippen molar-refractivity contribution in [3.63, 3.8) is 0 Å². The molecule has 5 heteroatoms. The molecule has 0 heterocycles. The summed E-state index contributed by atoms with van der Waals surface area (Å²) in [4.78, 5) is 9.72. The number of nitro benzene ring substituents is 1. The van der Waals surface area contributed by atoms with Gasteiger partial charge in [-0.05, 0) is 18.7 Å². The molecule has 0 radical (unpaired) electrons. The number of nitrogens with one attached hydrogen (secondary N) is 1.